The number of hydrogen-bond acceptors (Lipinski definition) is 5. The van der Waals surface area contributed by atoms with E-state index in [0.717, 1.165) is 42.7 Å². The third kappa shape index (κ3) is 4.81. The molecule has 2 aromatic rings. The quantitative estimate of drug-likeness (QED) is 0.604. The summed E-state index contributed by atoms with van der Waals surface area (Å²) in [6, 6.07) is 4.00. The van der Waals surface area contributed by atoms with Gasteiger partial charge in [0, 0.05) is 51.2 Å². The number of morpholine rings is 1. The molecule has 4 rings (SSSR count). The number of aryl methyl sites for hydroxylation is 1. The van der Waals surface area contributed by atoms with Gasteiger partial charge in [-0.15, -0.1) is 0 Å². The first-order valence-corrected chi connectivity index (χ1v) is 9.84. The number of aromatic nitrogens is 3. The number of hydrogen-bond donors (Lipinski definition) is 1. The van der Waals surface area contributed by atoms with Crippen molar-refractivity contribution in [2.45, 2.75) is 25.5 Å². The predicted octanol–water partition coefficient (Wildman–Crippen LogP) is 1.75. The van der Waals surface area contributed by atoms with E-state index in [1.807, 2.05) is 38.6 Å². The highest BCUT2D eigenvalue weighted by molar-refractivity contribution is 5.80. The highest BCUT2D eigenvalue weighted by Gasteiger charge is 2.25. The number of pyridine rings is 1. The fraction of sp³-hybridized carbons (Fsp3) is 0.550. The van der Waals surface area contributed by atoms with E-state index in [1.165, 1.54) is 12.8 Å². The topological polar surface area (TPSA) is 76.8 Å². The first-order chi connectivity index (χ1) is 13.7. The zero-order chi connectivity index (χ0) is 19.3. The van der Waals surface area contributed by atoms with Crippen molar-refractivity contribution >= 4 is 5.96 Å². The van der Waals surface area contributed by atoms with Crippen molar-refractivity contribution < 1.29 is 9.47 Å². The molecule has 28 heavy (non-hydrogen) atoms. The Morgan fingerprint density at radius 1 is 1.43 bits per heavy atom. The van der Waals surface area contributed by atoms with Gasteiger partial charge in [0.05, 0.1) is 26.0 Å². The number of nitrogens with one attached hydrogen (secondary N) is 1. The van der Waals surface area contributed by atoms with Crippen LogP contribution in [0, 0.1) is 5.92 Å². The maximum atomic E-state index is 5.93. The van der Waals surface area contributed by atoms with Crippen molar-refractivity contribution in [2.75, 3.05) is 33.4 Å². The largest absolute Gasteiger partial charge is 0.477 e. The van der Waals surface area contributed by atoms with Gasteiger partial charge in [0.25, 0.3) is 0 Å². The Morgan fingerprint density at radius 2 is 2.32 bits per heavy atom. The maximum Gasteiger partial charge on any atom is 0.213 e. The van der Waals surface area contributed by atoms with Crippen LogP contribution in [-0.2, 0) is 18.3 Å². The lowest BCUT2D eigenvalue weighted by Crippen LogP contribution is -2.47. The van der Waals surface area contributed by atoms with Gasteiger partial charge in [-0.05, 0) is 30.4 Å². The van der Waals surface area contributed by atoms with Crippen molar-refractivity contribution in [1.82, 2.24) is 25.0 Å². The zero-order valence-electron chi connectivity index (χ0n) is 16.5. The van der Waals surface area contributed by atoms with Gasteiger partial charge in [0.2, 0.25) is 5.88 Å². The summed E-state index contributed by atoms with van der Waals surface area (Å²) >= 11 is 0. The number of aliphatic imine (C=N–C) groups is 1. The number of rotatable bonds is 6. The van der Waals surface area contributed by atoms with Crippen LogP contribution < -0.4 is 10.1 Å². The fourth-order valence-corrected chi connectivity index (χ4v) is 3.29. The van der Waals surface area contributed by atoms with E-state index in [1.54, 1.807) is 10.9 Å². The van der Waals surface area contributed by atoms with Crippen molar-refractivity contribution in [3.8, 4) is 5.88 Å². The molecular weight excluding hydrogens is 356 g/mol. The van der Waals surface area contributed by atoms with E-state index < -0.39 is 0 Å². The molecule has 0 aromatic carbocycles. The van der Waals surface area contributed by atoms with Crippen molar-refractivity contribution in [1.29, 1.82) is 0 Å². The van der Waals surface area contributed by atoms with E-state index in [2.05, 4.69) is 25.3 Å². The van der Waals surface area contributed by atoms with Gasteiger partial charge in [0.1, 0.15) is 6.10 Å². The molecule has 0 spiro atoms. The van der Waals surface area contributed by atoms with Gasteiger partial charge in [-0.1, -0.05) is 0 Å². The summed E-state index contributed by atoms with van der Waals surface area (Å²) in [5.74, 6) is 2.29. The Balaban J connectivity index is 1.33. The summed E-state index contributed by atoms with van der Waals surface area (Å²) in [5.41, 5.74) is 2.22. The molecule has 0 bridgehead atoms. The van der Waals surface area contributed by atoms with Gasteiger partial charge in [0.15, 0.2) is 5.96 Å². The Kier molecular flexibility index (Phi) is 5.76. The SMILES string of the molecule is CN=C(NCc1ccnc(OCC2CC2)c1)N1CCOC(c2cnn(C)c2)C1. The molecule has 1 saturated carbocycles. The fourth-order valence-electron chi connectivity index (χ4n) is 3.29. The molecule has 1 N–H and O–H groups in total. The number of nitrogens with zero attached hydrogens (tertiary/aromatic N) is 5. The first-order valence-electron chi connectivity index (χ1n) is 9.84. The summed E-state index contributed by atoms with van der Waals surface area (Å²) in [4.78, 5) is 11.0. The molecule has 0 amide bonds. The number of guanidine groups is 1. The van der Waals surface area contributed by atoms with Gasteiger partial charge in [-0.3, -0.25) is 9.67 Å². The third-order valence-electron chi connectivity index (χ3n) is 5.09. The highest BCUT2D eigenvalue weighted by atomic mass is 16.5. The van der Waals surface area contributed by atoms with E-state index >= 15 is 0 Å². The number of ether oxygens (including phenoxy) is 2. The lowest BCUT2D eigenvalue weighted by molar-refractivity contribution is -0.00805. The molecule has 2 aliphatic rings. The minimum atomic E-state index is 0.00403. The van der Waals surface area contributed by atoms with Crippen LogP contribution >= 0.6 is 0 Å². The molecule has 1 atom stereocenters. The predicted molar refractivity (Wildman–Crippen MR) is 106 cm³/mol. The third-order valence-corrected chi connectivity index (χ3v) is 5.09. The van der Waals surface area contributed by atoms with Crippen LogP contribution in [0.2, 0.25) is 0 Å². The van der Waals surface area contributed by atoms with Crippen LogP contribution in [0.15, 0.2) is 35.7 Å². The van der Waals surface area contributed by atoms with E-state index in [-0.39, 0.29) is 6.10 Å². The molecule has 1 aliphatic carbocycles. The first kappa shape index (κ1) is 18.7. The minimum Gasteiger partial charge on any atom is -0.477 e. The van der Waals surface area contributed by atoms with Gasteiger partial charge >= 0.3 is 0 Å². The second-order valence-electron chi connectivity index (χ2n) is 7.41. The summed E-state index contributed by atoms with van der Waals surface area (Å²) in [7, 11) is 3.73. The van der Waals surface area contributed by atoms with Crippen molar-refractivity contribution in [2.24, 2.45) is 18.0 Å². The Morgan fingerprint density at radius 3 is 3.07 bits per heavy atom. The second-order valence-corrected chi connectivity index (χ2v) is 7.41. The molecule has 8 heteroatoms. The van der Waals surface area contributed by atoms with Crippen LogP contribution in [0.3, 0.4) is 0 Å². The zero-order valence-corrected chi connectivity index (χ0v) is 16.5. The summed E-state index contributed by atoms with van der Waals surface area (Å²) in [5, 5.41) is 7.70. The molecule has 2 aromatic heterocycles. The Labute approximate surface area is 165 Å². The van der Waals surface area contributed by atoms with E-state index in [0.29, 0.717) is 19.0 Å². The molecule has 3 heterocycles. The Bertz CT molecular complexity index is 817. The van der Waals surface area contributed by atoms with Crippen LogP contribution in [0.4, 0.5) is 0 Å². The average Bonchev–Trinajstić information content (AvgIpc) is 3.46. The van der Waals surface area contributed by atoms with E-state index in [4.69, 9.17) is 9.47 Å². The molecule has 150 valence electrons. The van der Waals surface area contributed by atoms with Gasteiger partial charge < -0.3 is 19.7 Å². The molecular formula is C20H28N6O2. The lowest BCUT2D eigenvalue weighted by Gasteiger charge is -2.34. The molecule has 8 nitrogen and oxygen atoms in total. The summed E-state index contributed by atoms with van der Waals surface area (Å²) < 4.78 is 13.5. The van der Waals surface area contributed by atoms with Crippen molar-refractivity contribution in [3.63, 3.8) is 0 Å². The van der Waals surface area contributed by atoms with E-state index in [9.17, 15) is 0 Å². The van der Waals surface area contributed by atoms with Gasteiger partial charge in [-0.25, -0.2) is 4.98 Å². The lowest BCUT2D eigenvalue weighted by atomic mass is 10.1. The normalized spacial score (nSPS) is 20.3. The van der Waals surface area contributed by atoms with Crippen molar-refractivity contribution in [3.05, 3.63) is 41.9 Å². The summed E-state index contributed by atoms with van der Waals surface area (Å²) in [6.45, 7) is 3.66. The highest BCUT2D eigenvalue weighted by Crippen LogP contribution is 2.29. The molecule has 1 saturated heterocycles. The average molecular weight is 384 g/mol. The Hall–Kier alpha value is -2.61. The monoisotopic (exact) mass is 384 g/mol. The second kappa shape index (κ2) is 8.60. The molecule has 1 unspecified atom stereocenters. The smallest absolute Gasteiger partial charge is 0.213 e. The van der Waals surface area contributed by atoms with Gasteiger partial charge in [-0.2, -0.15) is 5.10 Å². The standard InChI is InChI=1S/C20H28N6O2/c1-21-20(26-7-8-27-18(13-26)17-11-24-25(2)12-17)23-10-16-5-6-22-19(9-16)28-14-15-3-4-15/h5-6,9,11-12,15,18H,3-4,7-8,10,13-14H2,1-2H3,(H,21,23). The van der Waals surface area contributed by atoms with Crippen LogP contribution in [0.5, 0.6) is 5.88 Å². The van der Waals surface area contributed by atoms with Crippen LogP contribution in [-0.4, -0.2) is 59.0 Å². The molecule has 2 fully saturated rings. The van der Waals surface area contributed by atoms with Crippen LogP contribution in [0.1, 0.15) is 30.1 Å². The molecule has 1 aliphatic heterocycles. The minimum absolute atomic E-state index is 0.00403. The molecule has 0 radical (unpaired) electrons. The van der Waals surface area contributed by atoms with Crippen LogP contribution in [0.25, 0.3) is 0 Å². The summed E-state index contributed by atoms with van der Waals surface area (Å²) in [6.07, 6.45) is 8.22. The maximum absolute atomic E-state index is 5.93.